The minimum atomic E-state index is -0.115. The van der Waals surface area contributed by atoms with Crippen molar-refractivity contribution in [3.8, 4) is 0 Å². The van der Waals surface area contributed by atoms with Crippen molar-refractivity contribution < 1.29 is 9.53 Å². The first-order valence-corrected chi connectivity index (χ1v) is 7.69. The number of rotatable bonds is 6. The molecule has 1 amide bonds. The fraction of sp³-hybridized carbons (Fsp3) is 0.588. The highest BCUT2D eigenvalue weighted by molar-refractivity contribution is 5.82. The molecule has 0 radical (unpaired) electrons. The van der Waals surface area contributed by atoms with Crippen molar-refractivity contribution in [1.82, 2.24) is 10.2 Å². The second-order valence-corrected chi connectivity index (χ2v) is 6.08. The maximum absolute atomic E-state index is 12.8. The molecule has 0 saturated heterocycles. The van der Waals surface area contributed by atoms with E-state index in [1.54, 1.807) is 7.11 Å². The highest BCUT2D eigenvalue weighted by Crippen LogP contribution is 2.17. The number of fused-ring (bicyclic) bond motifs is 1. The lowest BCUT2D eigenvalue weighted by atomic mass is 9.95. The second-order valence-electron chi connectivity index (χ2n) is 6.08. The number of carbonyl (C=O) groups is 1. The number of ether oxygens (including phenoxy) is 1. The molecule has 116 valence electrons. The van der Waals surface area contributed by atoms with E-state index in [9.17, 15) is 4.79 Å². The summed E-state index contributed by atoms with van der Waals surface area (Å²) in [6.45, 7) is 7.07. The van der Waals surface area contributed by atoms with E-state index in [4.69, 9.17) is 4.74 Å². The van der Waals surface area contributed by atoms with Gasteiger partial charge in [0.05, 0.1) is 12.6 Å². The van der Waals surface area contributed by atoms with Gasteiger partial charge in [-0.3, -0.25) is 4.79 Å². The van der Waals surface area contributed by atoms with Gasteiger partial charge >= 0.3 is 0 Å². The molecule has 0 fully saturated rings. The zero-order valence-electron chi connectivity index (χ0n) is 13.3. The van der Waals surface area contributed by atoms with Crippen LogP contribution in [-0.4, -0.2) is 43.7 Å². The molecule has 1 aromatic carbocycles. The molecule has 4 heteroatoms. The van der Waals surface area contributed by atoms with Gasteiger partial charge in [0, 0.05) is 26.7 Å². The van der Waals surface area contributed by atoms with Crippen LogP contribution in [0.3, 0.4) is 0 Å². The van der Waals surface area contributed by atoms with Crippen LogP contribution in [0, 0.1) is 5.92 Å². The summed E-state index contributed by atoms with van der Waals surface area (Å²) in [5.74, 6) is 0.650. The highest BCUT2D eigenvalue weighted by atomic mass is 16.5. The van der Waals surface area contributed by atoms with Gasteiger partial charge in [0.1, 0.15) is 0 Å². The minimum absolute atomic E-state index is 0.115. The number of nitrogens with zero attached hydrogens (tertiary/aromatic N) is 1. The van der Waals surface area contributed by atoms with Crippen LogP contribution >= 0.6 is 0 Å². The molecular weight excluding hydrogens is 264 g/mol. The van der Waals surface area contributed by atoms with Gasteiger partial charge in [-0.15, -0.1) is 0 Å². The Morgan fingerprint density at radius 1 is 1.38 bits per heavy atom. The van der Waals surface area contributed by atoms with E-state index in [0.29, 0.717) is 19.1 Å². The van der Waals surface area contributed by atoms with Gasteiger partial charge in [-0.25, -0.2) is 0 Å². The Morgan fingerprint density at radius 2 is 2.10 bits per heavy atom. The molecule has 0 spiro atoms. The van der Waals surface area contributed by atoms with E-state index in [-0.39, 0.29) is 11.9 Å². The summed E-state index contributed by atoms with van der Waals surface area (Å²) in [7, 11) is 1.67. The molecule has 0 aliphatic carbocycles. The molecule has 0 saturated carbocycles. The van der Waals surface area contributed by atoms with Crippen LogP contribution in [0.2, 0.25) is 0 Å². The van der Waals surface area contributed by atoms with Crippen molar-refractivity contribution in [1.29, 1.82) is 0 Å². The first kappa shape index (κ1) is 16.0. The number of amides is 1. The number of hydrogen-bond acceptors (Lipinski definition) is 3. The van der Waals surface area contributed by atoms with Crippen LogP contribution in [0.25, 0.3) is 0 Å². The van der Waals surface area contributed by atoms with E-state index in [1.165, 1.54) is 11.1 Å². The lowest BCUT2D eigenvalue weighted by Crippen LogP contribution is -2.51. The van der Waals surface area contributed by atoms with Crippen molar-refractivity contribution >= 4 is 5.91 Å². The van der Waals surface area contributed by atoms with Gasteiger partial charge in [0.25, 0.3) is 0 Å². The summed E-state index contributed by atoms with van der Waals surface area (Å²) >= 11 is 0. The molecule has 1 N–H and O–H groups in total. The number of benzene rings is 1. The molecule has 2 rings (SSSR count). The Hall–Kier alpha value is -1.39. The molecule has 0 unspecified atom stereocenters. The fourth-order valence-electron chi connectivity index (χ4n) is 2.78. The van der Waals surface area contributed by atoms with Crippen molar-refractivity contribution in [2.45, 2.75) is 32.9 Å². The molecule has 1 heterocycles. The predicted molar refractivity (Wildman–Crippen MR) is 84.1 cm³/mol. The SMILES string of the molecule is COCCN(CC(C)C)C(=O)[C@@H]1Cc2ccccc2CN1. The standard InChI is InChI=1S/C17H26N2O2/c1-13(2)12-19(8-9-21-3)17(20)16-10-14-6-4-5-7-15(14)11-18-16/h4-7,13,16,18H,8-12H2,1-3H3/t16-/m0/s1. The summed E-state index contributed by atoms with van der Waals surface area (Å²) in [4.78, 5) is 14.7. The van der Waals surface area contributed by atoms with E-state index >= 15 is 0 Å². The topological polar surface area (TPSA) is 41.6 Å². The summed E-state index contributed by atoms with van der Waals surface area (Å²) in [6.07, 6.45) is 0.774. The Labute approximate surface area is 127 Å². The van der Waals surface area contributed by atoms with Crippen LogP contribution in [0.4, 0.5) is 0 Å². The molecule has 1 atom stereocenters. The number of carbonyl (C=O) groups excluding carboxylic acids is 1. The minimum Gasteiger partial charge on any atom is -0.383 e. The summed E-state index contributed by atoms with van der Waals surface area (Å²) < 4.78 is 5.13. The maximum atomic E-state index is 12.8. The summed E-state index contributed by atoms with van der Waals surface area (Å²) in [5, 5.41) is 3.37. The normalized spacial score (nSPS) is 17.6. The molecule has 1 aliphatic rings. The quantitative estimate of drug-likeness (QED) is 0.869. The van der Waals surface area contributed by atoms with Gasteiger partial charge in [0.2, 0.25) is 5.91 Å². The molecule has 21 heavy (non-hydrogen) atoms. The van der Waals surface area contributed by atoms with Gasteiger partial charge in [-0.05, 0) is 23.5 Å². The zero-order chi connectivity index (χ0) is 15.2. The number of nitrogens with one attached hydrogen (secondary N) is 1. The average Bonchev–Trinajstić information content (AvgIpc) is 2.50. The fourth-order valence-corrected chi connectivity index (χ4v) is 2.78. The van der Waals surface area contributed by atoms with Gasteiger partial charge < -0.3 is 15.0 Å². The lowest BCUT2D eigenvalue weighted by molar-refractivity contribution is -0.134. The molecule has 1 aromatic rings. The first-order chi connectivity index (χ1) is 10.1. The van der Waals surface area contributed by atoms with Gasteiger partial charge in [-0.2, -0.15) is 0 Å². The Morgan fingerprint density at radius 3 is 2.76 bits per heavy atom. The zero-order valence-corrected chi connectivity index (χ0v) is 13.3. The smallest absolute Gasteiger partial charge is 0.240 e. The van der Waals surface area contributed by atoms with Crippen LogP contribution in [-0.2, 0) is 22.5 Å². The van der Waals surface area contributed by atoms with Crippen molar-refractivity contribution in [2.24, 2.45) is 5.92 Å². The van der Waals surface area contributed by atoms with E-state index in [0.717, 1.165) is 19.5 Å². The van der Waals surface area contributed by atoms with Gasteiger partial charge in [-0.1, -0.05) is 38.1 Å². The maximum Gasteiger partial charge on any atom is 0.240 e. The van der Waals surface area contributed by atoms with Crippen LogP contribution < -0.4 is 5.32 Å². The van der Waals surface area contributed by atoms with Crippen molar-refractivity contribution in [2.75, 3.05) is 26.8 Å². The van der Waals surface area contributed by atoms with E-state index < -0.39 is 0 Å². The van der Waals surface area contributed by atoms with E-state index in [1.807, 2.05) is 17.0 Å². The summed E-state index contributed by atoms with van der Waals surface area (Å²) in [6, 6.07) is 8.23. The molecule has 0 aromatic heterocycles. The monoisotopic (exact) mass is 290 g/mol. The predicted octanol–water partition coefficient (Wildman–Crippen LogP) is 1.83. The van der Waals surface area contributed by atoms with Crippen LogP contribution in [0.5, 0.6) is 0 Å². The lowest BCUT2D eigenvalue weighted by Gasteiger charge is -2.32. The molecular formula is C17H26N2O2. The second kappa shape index (κ2) is 7.57. The van der Waals surface area contributed by atoms with Crippen molar-refractivity contribution in [3.05, 3.63) is 35.4 Å². The van der Waals surface area contributed by atoms with Crippen LogP contribution in [0.15, 0.2) is 24.3 Å². The third-order valence-corrected chi connectivity index (χ3v) is 3.84. The van der Waals surface area contributed by atoms with E-state index in [2.05, 4.69) is 31.3 Å². The summed E-state index contributed by atoms with van der Waals surface area (Å²) in [5.41, 5.74) is 2.58. The number of hydrogen-bond donors (Lipinski definition) is 1. The largest absolute Gasteiger partial charge is 0.383 e. The average molecular weight is 290 g/mol. The van der Waals surface area contributed by atoms with Crippen molar-refractivity contribution in [3.63, 3.8) is 0 Å². The molecule has 1 aliphatic heterocycles. The number of methoxy groups -OCH3 is 1. The third-order valence-electron chi connectivity index (χ3n) is 3.84. The van der Waals surface area contributed by atoms with Gasteiger partial charge in [0.15, 0.2) is 0 Å². The van der Waals surface area contributed by atoms with Crippen LogP contribution in [0.1, 0.15) is 25.0 Å². The highest BCUT2D eigenvalue weighted by Gasteiger charge is 2.28. The molecule has 0 bridgehead atoms. The Balaban J connectivity index is 2.03. The Kier molecular flexibility index (Phi) is 5.76. The first-order valence-electron chi connectivity index (χ1n) is 7.69. The third kappa shape index (κ3) is 4.29. The Bertz CT molecular complexity index is 474. The molecule has 4 nitrogen and oxygen atoms in total.